The first-order valence-corrected chi connectivity index (χ1v) is 5.09. The molecule has 3 heteroatoms. The molecule has 1 aromatic carbocycles. The third-order valence-corrected chi connectivity index (χ3v) is 2.23. The number of hydrogen-bond donors (Lipinski definition) is 0. The monoisotopic (exact) mass is 202 g/mol. The minimum Gasteiger partial charge on any atom is -0.392 e. The molecule has 0 aliphatic carbocycles. The standard InChI is InChI=1S/C12H14N2O/c1-2-11-8-13-14(9-11)15-10-12-6-4-3-5-7-12/h3-9H,2,10H2,1H3. The number of benzene rings is 1. The summed E-state index contributed by atoms with van der Waals surface area (Å²) >= 11 is 0. The summed E-state index contributed by atoms with van der Waals surface area (Å²) in [6.07, 6.45) is 4.71. The van der Waals surface area contributed by atoms with Crippen LogP contribution in [0.4, 0.5) is 0 Å². The van der Waals surface area contributed by atoms with Crippen molar-refractivity contribution < 1.29 is 4.84 Å². The Labute approximate surface area is 89.3 Å². The Morgan fingerprint density at radius 1 is 1.20 bits per heavy atom. The first-order valence-electron chi connectivity index (χ1n) is 5.09. The first kappa shape index (κ1) is 9.77. The minimum absolute atomic E-state index is 0.547. The van der Waals surface area contributed by atoms with Crippen LogP contribution in [-0.2, 0) is 13.0 Å². The molecule has 0 amide bonds. The van der Waals surface area contributed by atoms with E-state index in [0.29, 0.717) is 6.61 Å². The SMILES string of the molecule is CCc1cnn(OCc2ccccc2)c1. The molecule has 1 heterocycles. The lowest BCUT2D eigenvalue weighted by Crippen LogP contribution is -2.11. The highest BCUT2D eigenvalue weighted by molar-refractivity contribution is 5.13. The fourth-order valence-corrected chi connectivity index (χ4v) is 1.31. The molecule has 0 fully saturated rings. The van der Waals surface area contributed by atoms with Crippen molar-refractivity contribution in [3.8, 4) is 0 Å². The summed E-state index contributed by atoms with van der Waals surface area (Å²) in [5, 5.41) is 4.10. The third kappa shape index (κ3) is 2.59. The van der Waals surface area contributed by atoms with Crippen molar-refractivity contribution in [2.45, 2.75) is 20.0 Å². The van der Waals surface area contributed by atoms with Gasteiger partial charge in [-0.2, -0.15) is 0 Å². The second-order valence-corrected chi connectivity index (χ2v) is 3.36. The molecule has 2 aromatic rings. The van der Waals surface area contributed by atoms with Crippen LogP contribution >= 0.6 is 0 Å². The molecule has 0 aliphatic rings. The summed E-state index contributed by atoms with van der Waals surface area (Å²) in [6.45, 7) is 2.64. The number of nitrogens with zero attached hydrogens (tertiary/aromatic N) is 2. The highest BCUT2D eigenvalue weighted by Crippen LogP contribution is 2.00. The highest BCUT2D eigenvalue weighted by Gasteiger charge is 1.97. The Balaban J connectivity index is 1.93. The van der Waals surface area contributed by atoms with Crippen molar-refractivity contribution in [1.29, 1.82) is 0 Å². The molecule has 0 saturated heterocycles. The van der Waals surface area contributed by atoms with Crippen molar-refractivity contribution in [3.63, 3.8) is 0 Å². The van der Waals surface area contributed by atoms with Gasteiger partial charge in [-0.05, 0) is 17.5 Å². The molecule has 0 aliphatic heterocycles. The third-order valence-electron chi connectivity index (χ3n) is 2.23. The molecule has 15 heavy (non-hydrogen) atoms. The molecule has 3 nitrogen and oxygen atoms in total. The van der Waals surface area contributed by atoms with E-state index < -0.39 is 0 Å². The molecular weight excluding hydrogens is 188 g/mol. The van der Waals surface area contributed by atoms with Crippen LogP contribution in [0.5, 0.6) is 0 Å². The van der Waals surface area contributed by atoms with Crippen LogP contribution < -0.4 is 4.84 Å². The van der Waals surface area contributed by atoms with E-state index in [1.54, 1.807) is 0 Å². The Morgan fingerprint density at radius 3 is 2.67 bits per heavy atom. The summed E-state index contributed by atoms with van der Waals surface area (Å²) in [5.74, 6) is 0. The van der Waals surface area contributed by atoms with E-state index in [-0.39, 0.29) is 0 Å². The summed E-state index contributed by atoms with van der Waals surface area (Å²) in [6, 6.07) is 10.1. The van der Waals surface area contributed by atoms with Crippen LogP contribution in [0.25, 0.3) is 0 Å². The zero-order valence-electron chi connectivity index (χ0n) is 8.76. The van der Waals surface area contributed by atoms with Gasteiger partial charge in [0.25, 0.3) is 0 Å². The molecule has 0 unspecified atom stereocenters. The lowest BCUT2D eigenvalue weighted by molar-refractivity contribution is 0.0699. The average molecular weight is 202 g/mol. The van der Waals surface area contributed by atoms with Gasteiger partial charge in [-0.25, -0.2) is 0 Å². The molecule has 0 radical (unpaired) electrons. The topological polar surface area (TPSA) is 27.1 Å². The molecule has 78 valence electrons. The van der Waals surface area contributed by atoms with Gasteiger partial charge in [0, 0.05) is 0 Å². The van der Waals surface area contributed by atoms with Crippen LogP contribution in [0.1, 0.15) is 18.1 Å². The van der Waals surface area contributed by atoms with Gasteiger partial charge in [0.05, 0.1) is 12.4 Å². The van der Waals surface area contributed by atoms with E-state index in [1.807, 2.05) is 42.7 Å². The van der Waals surface area contributed by atoms with Crippen LogP contribution in [0.15, 0.2) is 42.7 Å². The highest BCUT2D eigenvalue weighted by atomic mass is 16.7. The van der Waals surface area contributed by atoms with Crippen molar-refractivity contribution in [3.05, 3.63) is 53.9 Å². The number of hydrogen-bond acceptors (Lipinski definition) is 2. The van der Waals surface area contributed by atoms with Crippen LogP contribution in [0.2, 0.25) is 0 Å². The van der Waals surface area contributed by atoms with Gasteiger partial charge in [-0.1, -0.05) is 37.3 Å². The summed E-state index contributed by atoms with van der Waals surface area (Å²) in [5.41, 5.74) is 2.33. The molecule has 0 atom stereocenters. The van der Waals surface area contributed by atoms with Gasteiger partial charge in [0.1, 0.15) is 6.61 Å². The van der Waals surface area contributed by atoms with Crippen molar-refractivity contribution in [2.75, 3.05) is 0 Å². The van der Waals surface area contributed by atoms with E-state index in [0.717, 1.165) is 12.0 Å². The largest absolute Gasteiger partial charge is 0.392 e. The zero-order chi connectivity index (χ0) is 10.5. The normalized spacial score (nSPS) is 10.2. The van der Waals surface area contributed by atoms with Gasteiger partial charge in [-0.3, -0.25) is 0 Å². The van der Waals surface area contributed by atoms with E-state index in [1.165, 1.54) is 10.4 Å². The summed E-state index contributed by atoms with van der Waals surface area (Å²) in [7, 11) is 0. The van der Waals surface area contributed by atoms with E-state index in [4.69, 9.17) is 4.84 Å². The van der Waals surface area contributed by atoms with E-state index in [2.05, 4.69) is 12.0 Å². The quantitative estimate of drug-likeness (QED) is 0.759. The Kier molecular flexibility index (Phi) is 3.02. The summed E-state index contributed by atoms with van der Waals surface area (Å²) < 4.78 is 0. The molecule has 1 aromatic heterocycles. The molecule has 2 rings (SSSR count). The van der Waals surface area contributed by atoms with E-state index in [9.17, 15) is 0 Å². The predicted molar refractivity (Wildman–Crippen MR) is 58.3 cm³/mol. The van der Waals surface area contributed by atoms with Gasteiger partial charge in [0.15, 0.2) is 0 Å². The van der Waals surface area contributed by atoms with E-state index >= 15 is 0 Å². The maximum absolute atomic E-state index is 5.48. The van der Waals surface area contributed by atoms with Crippen LogP contribution in [-0.4, -0.2) is 9.94 Å². The van der Waals surface area contributed by atoms with Gasteiger partial charge in [0.2, 0.25) is 0 Å². The second-order valence-electron chi connectivity index (χ2n) is 3.36. The van der Waals surface area contributed by atoms with Gasteiger partial charge < -0.3 is 4.84 Å². The fraction of sp³-hybridized carbons (Fsp3) is 0.250. The number of aryl methyl sites for hydroxylation is 1. The maximum Gasteiger partial charge on any atom is 0.142 e. The number of aromatic nitrogens is 2. The number of rotatable bonds is 4. The fourth-order valence-electron chi connectivity index (χ4n) is 1.31. The lowest BCUT2D eigenvalue weighted by Gasteiger charge is -2.04. The zero-order valence-corrected chi connectivity index (χ0v) is 8.76. The predicted octanol–water partition coefficient (Wildman–Crippen LogP) is 2.07. The van der Waals surface area contributed by atoms with Crippen molar-refractivity contribution >= 4 is 0 Å². The average Bonchev–Trinajstić information content (AvgIpc) is 2.76. The smallest absolute Gasteiger partial charge is 0.142 e. The molecular formula is C12H14N2O. The van der Waals surface area contributed by atoms with Gasteiger partial charge in [-0.15, -0.1) is 9.94 Å². The maximum atomic E-state index is 5.48. The molecule has 0 saturated carbocycles. The van der Waals surface area contributed by atoms with Crippen LogP contribution in [0, 0.1) is 0 Å². The Bertz CT molecular complexity index is 409. The van der Waals surface area contributed by atoms with Gasteiger partial charge >= 0.3 is 0 Å². The molecule has 0 bridgehead atoms. The molecule has 0 spiro atoms. The Morgan fingerprint density at radius 2 is 2.00 bits per heavy atom. The minimum atomic E-state index is 0.547. The van der Waals surface area contributed by atoms with Crippen LogP contribution in [0.3, 0.4) is 0 Å². The molecule has 0 N–H and O–H groups in total. The Hall–Kier alpha value is -1.77. The summed E-state index contributed by atoms with van der Waals surface area (Å²) in [4.78, 5) is 7.00. The second kappa shape index (κ2) is 4.64. The first-order chi connectivity index (χ1) is 7.38. The lowest BCUT2D eigenvalue weighted by atomic mass is 10.2. The van der Waals surface area contributed by atoms with Crippen molar-refractivity contribution in [1.82, 2.24) is 9.94 Å². The van der Waals surface area contributed by atoms with Crippen molar-refractivity contribution in [2.24, 2.45) is 0 Å².